The summed E-state index contributed by atoms with van der Waals surface area (Å²) in [5, 5.41) is 0.597. The number of alkyl halides is 5. The van der Waals surface area contributed by atoms with Crippen LogP contribution in [0.25, 0.3) is 11.0 Å². The topological polar surface area (TPSA) is 60.0 Å². The van der Waals surface area contributed by atoms with Crippen molar-refractivity contribution in [2.45, 2.75) is 23.0 Å². The van der Waals surface area contributed by atoms with Crippen molar-refractivity contribution in [2.75, 3.05) is 13.7 Å². The van der Waals surface area contributed by atoms with E-state index in [-0.39, 0.29) is 17.3 Å². The number of pyridine rings is 1. The molecule has 0 spiro atoms. The normalized spacial score (nSPS) is 12.4. The molecule has 1 N–H and O–H groups in total. The van der Waals surface area contributed by atoms with Crippen molar-refractivity contribution in [3.63, 3.8) is 0 Å². The Balaban J connectivity index is 1.74. The molecule has 0 aliphatic heterocycles. The van der Waals surface area contributed by atoms with E-state index in [1.54, 1.807) is 0 Å². The molecule has 0 atom stereocenters. The summed E-state index contributed by atoms with van der Waals surface area (Å²) in [6.07, 6.45) is -4.45. The minimum Gasteiger partial charge on any atom is -0.491 e. The Labute approximate surface area is 160 Å². The predicted molar refractivity (Wildman–Crippen MR) is 92.9 cm³/mol. The second-order valence-corrected chi connectivity index (χ2v) is 6.59. The molecule has 3 rings (SSSR count). The van der Waals surface area contributed by atoms with Crippen molar-refractivity contribution in [1.82, 2.24) is 15.0 Å². The van der Waals surface area contributed by atoms with Crippen LogP contribution in [0.1, 0.15) is 5.69 Å². The monoisotopic (exact) mass is 419 g/mol. The van der Waals surface area contributed by atoms with Crippen LogP contribution in [0.3, 0.4) is 0 Å². The summed E-state index contributed by atoms with van der Waals surface area (Å²) in [7, 11) is 1.25. The smallest absolute Gasteiger partial charge is 0.456 e. The Hall–Kier alpha value is -2.56. The number of H-pyrrole nitrogens is 1. The van der Waals surface area contributed by atoms with E-state index in [0.29, 0.717) is 10.9 Å². The van der Waals surface area contributed by atoms with Gasteiger partial charge in [-0.2, -0.15) is 22.0 Å². The first-order valence-electron chi connectivity index (χ1n) is 7.88. The van der Waals surface area contributed by atoms with Gasteiger partial charge < -0.3 is 14.5 Å². The molecule has 0 saturated heterocycles. The molecule has 1 aromatic carbocycles. The molecule has 0 amide bonds. The van der Waals surface area contributed by atoms with Crippen LogP contribution in [0.15, 0.2) is 41.7 Å². The summed E-state index contributed by atoms with van der Waals surface area (Å²) >= 11 is 1.27. The first kappa shape index (κ1) is 20.2. The van der Waals surface area contributed by atoms with Crippen LogP contribution < -0.4 is 9.47 Å². The Bertz CT molecular complexity index is 928. The second kappa shape index (κ2) is 7.82. The number of aromatic amines is 1. The van der Waals surface area contributed by atoms with Gasteiger partial charge in [0, 0.05) is 18.0 Å². The quantitative estimate of drug-likeness (QED) is 0.439. The maximum absolute atomic E-state index is 13.1. The third-order valence-corrected chi connectivity index (χ3v) is 4.57. The summed E-state index contributed by atoms with van der Waals surface area (Å²) in [5.74, 6) is -5.01. The number of ether oxygens (including phenoxy) is 2. The average molecular weight is 419 g/mol. The first-order chi connectivity index (χ1) is 13.2. The van der Waals surface area contributed by atoms with Crippen LogP contribution in [-0.4, -0.2) is 40.8 Å². The molecule has 2 aromatic heterocycles. The molecule has 0 saturated carbocycles. The van der Waals surface area contributed by atoms with E-state index < -0.39 is 18.7 Å². The number of para-hydroxylation sites is 2. The van der Waals surface area contributed by atoms with E-state index in [0.717, 1.165) is 11.0 Å². The molecule has 150 valence electrons. The van der Waals surface area contributed by atoms with Crippen LogP contribution in [0.2, 0.25) is 0 Å². The Morgan fingerprint density at radius 1 is 1.11 bits per heavy atom. The standard InChI is InChI=1S/C17H14F5N3O2S/c1-26-14-12(8-28-15-24-10-4-2-3-5-11(10)25-15)23-7-6-13(14)27-9-16(18,19)17(20,21)22/h2-7H,8-9H2,1H3,(H,24,25). The fraction of sp³-hybridized carbons (Fsp3) is 0.294. The van der Waals surface area contributed by atoms with Crippen LogP contribution in [-0.2, 0) is 5.75 Å². The maximum Gasteiger partial charge on any atom is 0.456 e. The van der Waals surface area contributed by atoms with Crippen molar-refractivity contribution in [1.29, 1.82) is 0 Å². The van der Waals surface area contributed by atoms with E-state index in [9.17, 15) is 22.0 Å². The maximum atomic E-state index is 13.1. The van der Waals surface area contributed by atoms with Crippen LogP contribution in [0.5, 0.6) is 11.5 Å². The molecule has 28 heavy (non-hydrogen) atoms. The molecule has 0 bridgehead atoms. The number of hydrogen-bond acceptors (Lipinski definition) is 5. The molecular formula is C17H14F5N3O2S. The predicted octanol–water partition coefficient (Wildman–Crippen LogP) is 4.84. The number of thioether (sulfide) groups is 1. The molecule has 2 heterocycles. The summed E-state index contributed by atoms with van der Waals surface area (Å²) < 4.78 is 72.9. The second-order valence-electron chi connectivity index (χ2n) is 5.63. The largest absolute Gasteiger partial charge is 0.491 e. The summed E-state index contributed by atoms with van der Waals surface area (Å²) in [4.78, 5) is 11.6. The van der Waals surface area contributed by atoms with Gasteiger partial charge in [-0.25, -0.2) is 4.98 Å². The zero-order valence-electron chi connectivity index (χ0n) is 14.4. The number of benzene rings is 1. The van der Waals surface area contributed by atoms with E-state index in [2.05, 4.69) is 15.0 Å². The van der Waals surface area contributed by atoms with Crippen LogP contribution in [0, 0.1) is 0 Å². The minimum absolute atomic E-state index is 0.0101. The highest BCUT2D eigenvalue weighted by atomic mass is 32.2. The molecule has 3 aromatic rings. The molecule has 0 radical (unpaired) electrons. The van der Waals surface area contributed by atoms with Gasteiger partial charge in [-0.3, -0.25) is 4.98 Å². The summed E-state index contributed by atoms with van der Waals surface area (Å²) in [6, 6.07) is 8.57. The Morgan fingerprint density at radius 3 is 2.54 bits per heavy atom. The summed E-state index contributed by atoms with van der Waals surface area (Å²) in [6.45, 7) is -1.85. The zero-order valence-corrected chi connectivity index (χ0v) is 15.2. The van der Waals surface area contributed by atoms with Gasteiger partial charge in [-0.1, -0.05) is 23.9 Å². The van der Waals surface area contributed by atoms with Gasteiger partial charge in [-0.15, -0.1) is 0 Å². The van der Waals surface area contributed by atoms with E-state index in [1.807, 2.05) is 24.3 Å². The molecule has 0 aliphatic rings. The number of nitrogens with one attached hydrogen (secondary N) is 1. The van der Waals surface area contributed by atoms with Gasteiger partial charge in [-0.05, 0) is 12.1 Å². The van der Waals surface area contributed by atoms with Crippen molar-refractivity contribution in [3.05, 3.63) is 42.2 Å². The Morgan fingerprint density at radius 2 is 1.86 bits per heavy atom. The number of aromatic nitrogens is 3. The van der Waals surface area contributed by atoms with Crippen LogP contribution in [0.4, 0.5) is 22.0 Å². The number of hydrogen-bond donors (Lipinski definition) is 1. The first-order valence-corrected chi connectivity index (χ1v) is 8.86. The third-order valence-electron chi connectivity index (χ3n) is 3.68. The number of methoxy groups -OCH3 is 1. The number of rotatable bonds is 7. The van der Waals surface area contributed by atoms with E-state index in [1.165, 1.54) is 31.1 Å². The fourth-order valence-corrected chi connectivity index (χ4v) is 3.12. The lowest BCUT2D eigenvalue weighted by Crippen LogP contribution is -2.41. The van der Waals surface area contributed by atoms with Gasteiger partial charge in [0.25, 0.3) is 0 Å². The molecular weight excluding hydrogens is 405 g/mol. The van der Waals surface area contributed by atoms with Crippen LogP contribution >= 0.6 is 11.8 Å². The number of nitrogens with zero attached hydrogens (tertiary/aromatic N) is 2. The lowest BCUT2D eigenvalue weighted by atomic mass is 10.3. The summed E-state index contributed by atoms with van der Waals surface area (Å²) in [5.41, 5.74) is 1.94. The van der Waals surface area contributed by atoms with Crippen molar-refractivity contribution in [3.8, 4) is 11.5 Å². The van der Waals surface area contributed by atoms with Gasteiger partial charge in [0.1, 0.15) is 0 Å². The van der Waals surface area contributed by atoms with Gasteiger partial charge >= 0.3 is 12.1 Å². The molecule has 0 aliphatic carbocycles. The molecule has 0 unspecified atom stereocenters. The average Bonchev–Trinajstić information content (AvgIpc) is 3.06. The SMILES string of the molecule is COc1c(OCC(F)(F)C(F)(F)F)ccnc1CSc1nc2ccccc2[nH]1. The van der Waals surface area contributed by atoms with Gasteiger partial charge in [0.2, 0.25) is 0 Å². The van der Waals surface area contributed by atoms with Crippen molar-refractivity contribution in [2.24, 2.45) is 0 Å². The van der Waals surface area contributed by atoms with Crippen molar-refractivity contribution < 1.29 is 31.4 Å². The highest BCUT2D eigenvalue weighted by molar-refractivity contribution is 7.98. The molecule has 0 fully saturated rings. The van der Waals surface area contributed by atoms with E-state index in [4.69, 9.17) is 9.47 Å². The minimum atomic E-state index is -5.70. The highest BCUT2D eigenvalue weighted by Gasteiger charge is 2.58. The third kappa shape index (κ3) is 4.29. The van der Waals surface area contributed by atoms with E-state index >= 15 is 0 Å². The van der Waals surface area contributed by atoms with Gasteiger partial charge in [0.05, 0.1) is 23.8 Å². The lowest BCUT2D eigenvalue weighted by molar-refractivity contribution is -0.290. The molecule has 5 nitrogen and oxygen atoms in total. The fourth-order valence-electron chi connectivity index (χ4n) is 2.29. The Kier molecular flexibility index (Phi) is 5.64. The van der Waals surface area contributed by atoms with Crippen molar-refractivity contribution >= 4 is 22.8 Å². The number of fused-ring (bicyclic) bond motifs is 1. The number of halogens is 5. The lowest BCUT2D eigenvalue weighted by Gasteiger charge is -2.21. The zero-order chi connectivity index (χ0) is 20.4. The highest BCUT2D eigenvalue weighted by Crippen LogP contribution is 2.38. The molecule has 11 heteroatoms. The number of imidazole rings is 1. The van der Waals surface area contributed by atoms with Gasteiger partial charge in [0.15, 0.2) is 23.3 Å².